The van der Waals surface area contributed by atoms with Gasteiger partial charge in [0.2, 0.25) is 0 Å². The molecule has 0 amide bonds. The molecular formula is C42H25NO. The number of rotatable bonds is 2. The van der Waals surface area contributed by atoms with Gasteiger partial charge in [0.15, 0.2) is 0 Å². The van der Waals surface area contributed by atoms with Crippen LogP contribution in [-0.4, -0.2) is 4.57 Å². The van der Waals surface area contributed by atoms with E-state index in [0.717, 1.165) is 17.1 Å². The van der Waals surface area contributed by atoms with Crippen LogP contribution in [0.15, 0.2) is 152 Å². The minimum Gasteiger partial charge on any atom is -0.456 e. The summed E-state index contributed by atoms with van der Waals surface area (Å²) in [5, 5.41) is 9.88. The smallest absolute Gasteiger partial charge is 0.135 e. The molecule has 0 unspecified atom stereocenters. The summed E-state index contributed by atoms with van der Waals surface area (Å²) in [6, 6.07) is 54.9. The number of benzene rings is 8. The van der Waals surface area contributed by atoms with E-state index < -0.39 is 0 Å². The third-order valence-corrected chi connectivity index (χ3v) is 9.35. The van der Waals surface area contributed by atoms with Gasteiger partial charge in [0, 0.05) is 32.8 Å². The molecule has 9 aromatic rings. The van der Waals surface area contributed by atoms with E-state index in [1.807, 2.05) is 12.1 Å². The minimum atomic E-state index is 0.912. The Labute approximate surface area is 254 Å². The van der Waals surface area contributed by atoms with E-state index in [2.05, 4.69) is 144 Å². The molecule has 8 aromatic carbocycles. The summed E-state index contributed by atoms with van der Waals surface area (Å²) in [5.74, 6) is 1.83. The number of aromatic nitrogens is 1. The largest absolute Gasteiger partial charge is 0.456 e. The Morgan fingerprint density at radius 2 is 1.18 bits per heavy atom. The van der Waals surface area contributed by atoms with Gasteiger partial charge >= 0.3 is 0 Å². The van der Waals surface area contributed by atoms with E-state index in [0.29, 0.717) is 0 Å². The van der Waals surface area contributed by atoms with Gasteiger partial charge in [-0.1, -0.05) is 115 Å². The lowest BCUT2D eigenvalue weighted by Gasteiger charge is -2.22. The van der Waals surface area contributed by atoms with Crippen molar-refractivity contribution in [3.05, 3.63) is 152 Å². The molecule has 0 N–H and O–H groups in total. The standard InChI is InChI=1S/C42H25NO/c1-2-10-28-24-30(19-16-26(28)8-1)43-38-22-18-29(25-37(38)36-20-17-27-9-3-4-11-32(27)42(36)43)31-21-23-40-41-34(31)13-7-14-35(41)33-12-5-6-15-39(33)44-40/h1-25H. The second kappa shape index (κ2) is 8.82. The molecule has 1 aliphatic heterocycles. The van der Waals surface area contributed by atoms with Gasteiger partial charge < -0.3 is 9.30 Å². The predicted octanol–water partition coefficient (Wildman–Crippen LogP) is 11.7. The van der Waals surface area contributed by atoms with Crippen LogP contribution in [0.5, 0.6) is 11.5 Å². The van der Waals surface area contributed by atoms with Crippen LogP contribution >= 0.6 is 0 Å². The molecule has 0 aliphatic carbocycles. The fourth-order valence-electron chi connectivity index (χ4n) is 7.36. The van der Waals surface area contributed by atoms with Crippen LogP contribution in [-0.2, 0) is 0 Å². The predicted molar refractivity (Wildman–Crippen MR) is 184 cm³/mol. The van der Waals surface area contributed by atoms with Crippen molar-refractivity contribution in [3.63, 3.8) is 0 Å². The fraction of sp³-hybridized carbons (Fsp3) is 0. The highest BCUT2D eigenvalue weighted by Crippen LogP contribution is 2.49. The molecule has 2 nitrogen and oxygen atoms in total. The molecule has 0 spiro atoms. The first-order valence-electron chi connectivity index (χ1n) is 15.1. The van der Waals surface area contributed by atoms with Crippen molar-refractivity contribution >= 4 is 54.1 Å². The van der Waals surface area contributed by atoms with Gasteiger partial charge in [0.1, 0.15) is 11.5 Å². The van der Waals surface area contributed by atoms with Gasteiger partial charge in [0.25, 0.3) is 0 Å². The third-order valence-electron chi connectivity index (χ3n) is 9.35. The van der Waals surface area contributed by atoms with Gasteiger partial charge in [-0.05, 0) is 74.6 Å². The molecule has 0 saturated heterocycles. The fourth-order valence-corrected chi connectivity index (χ4v) is 7.36. The van der Waals surface area contributed by atoms with Crippen LogP contribution in [0, 0.1) is 0 Å². The van der Waals surface area contributed by atoms with Gasteiger partial charge in [-0.15, -0.1) is 0 Å². The van der Waals surface area contributed by atoms with Crippen LogP contribution in [0.25, 0.3) is 82.1 Å². The van der Waals surface area contributed by atoms with Crippen LogP contribution in [0.3, 0.4) is 0 Å². The zero-order valence-corrected chi connectivity index (χ0v) is 23.8. The second-order valence-corrected chi connectivity index (χ2v) is 11.7. The van der Waals surface area contributed by atoms with Crippen LogP contribution in [0.2, 0.25) is 0 Å². The van der Waals surface area contributed by atoms with Crippen molar-refractivity contribution in [2.45, 2.75) is 0 Å². The van der Waals surface area contributed by atoms with E-state index in [4.69, 9.17) is 4.74 Å². The molecule has 0 radical (unpaired) electrons. The summed E-state index contributed by atoms with van der Waals surface area (Å²) in [5.41, 5.74) is 8.40. The maximum Gasteiger partial charge on any atom is 0.135 e. The lowest BCUT2D eigenvalue weighted by molar-refractivity contribution is 0.487. The van der Waals surface area contributed by atoms with Crippen molar-refractivity contribution in [1.29, 1.82) is 0 Å². The van der Waals surface area contributed by atoms with Gasteiger partial charge in [-0.2, -0.15) is 0 Å². The van der Waals surface area contributed by atoms with E-state index in [9.17, 15) is 0 Å². The van der Waals surface area contributed by atoms with E-state index >= 15 is 0 Å². The maximum atomic E-state index is 6.39. The van der Waals surface area contributed by atoms with Gasteiger partial charge in [0.05, 0.1) is 11.0 Å². The first kappa shape index (κ1) is 23.7. The average molecular weight is 560 g/mol. The second-order valence-electron chi connectivity index (χ2n) is 11.7. The summed E-state index contributed by atoms with van der Waals surface area (Å²) >= 11 is 0. The molecule has 0 fully saturated rings. The van der Waals surface area contributed by atoms with Crippen molar-refractivity contribution < 1.29 is 4.74 Å². The highest BCUT2D eigenvalue weighted by molar-refractivity contribution is 6.20. The quantitative estimate of drug-likeness (QED) is 0.205. The summed E-state index contributed by atoms with van der Waals surface area (Å²) in [6.45, 7) is 0. The Morgan fingerprint density at radius 1 is 0.409 bits per heavy atom. The molecule has 44 heavy (non-hydrogen) atoms. The maximum absolute atomic E-state index is 6.39. The molecule has 0 saturated carbocycles. The summed E-state index contributed by atoms with van der Waals surface area (Å²) in [4.78, 5) is 0. The molecule has 204 valence electrons. The molecule has 0 atom stereocenters. The van der Waals surface area contributed by atoms with Crippen LogP contribution in [0.1, 0.15) is 0 Å². The molecule has 10 rings (SSSR count). The Kier molecular flexibility index (Phi) is 4.75. The highest BCUT2D eigenvalue weighted by Gasteiger charge is 2.22. The van der Waals surface area contributed by atoms with Crippen molar-refractivity contribution in [2.24, 2.45) is 0 Å². The Balaban J connectivity index is 1.26. The number of hydrogen-bond donors (Lipinski definition) is 0. The zero-order valence-electron chi connectivity index (χ0n) is 23.8. The van der Waals surface area contributed by atoms with Crippen molar-refractivity contribution in [3.8, 4) is 39.4 Å². The lowest BCUT2D eigenvalue weighted by atomic mass is 9.90. The molecule has 2 heteroatoms. The van der Waals surface area contributed by atoms with E-state index in [1.165, 1.54) is 76.5 Å². The molecule has 1 aromatic heterocycles. The van der Waals surface area contributed by atoms with Crippen molar-refractivity contribution in [2.75, 3.05) is 0 Å². The number of nitrogens with zero attached hydrogens (tertiary/aromatic N) is 1. The normalized spacial score (nSPS) is 12.3. The monoisotopic (exact) mass is 559 g/mol. The lowest BCUT2D eigenvalue weighted by Crippen LogP contribution is -1.97. The average Bonchev–Trinajstić information content (AvgIpc) is 3.42. The summed E-state index contributed by atoms with van der Waals surface area (Å²) < 4.78 is 8.84. The van der Waals surface area contributed by atoms with Crippen LogP contribution < -0.4 is 4.74 Å². The summed E-state index contributed by atoms with van der Waals surface area (Å²) in [6.07, 6.45) is 0. The third kappa shape index (κ3) is 3.25. The number of fused-ring (bicyclic) bond motifs is 8. The van der Waals surface area contributed by atoms with Crippen LogP contribution in [0.4, 0.5) is 0 Å². The Morgan fingerprint density at radius 3 is 2.14 bits per heavy atom. The first-order chi connectivity index (χ1) is 21.8. The van der Waals surface area contributed by atoms with E-state index in [1.54, 1.807) is 0 Å². The first-order valence-corrected chi connectivity index (χ1v) is 15.1. The molecular weight excluding hydrogens is 534 g/mol. The van der Waals surface area contributed by atoms with Crippen molar-refractivity contribution in [1.82, 2.24) is 4.57 Å². The molecule has 1 aliphatic rings. The topological polar surface area (TPSA) is 14.2 Å². The summed E-state index contributed by atoms with van der Waals surface area (Å²) in [7, 11) is 0. The Bertz CT molecular complexity index is 2640. The minimum absolute atomic E-state index is 0.912. The number of ether oxygens (including phenoxy) is 1. The Hall–Kier alpha value is -5.86. The SMILES string of the molecule is c1ccc2c(c1)Oc1ccc(-c3ccc4c(c3)c3ccc5ccccc5c3n4-c3ccc4ccccc4c3)c3cccc-2c13. The highest BCUT2D eigenvalue weighted by atomic mass is 16.5. The number of hydrogen-bond acceptors (Lipinski definition) is 1. The zero-order chi connectivity index (χ0) is 28.8. The van der Waals surface area contributed by atoms with Gasteiger partial charge in [-0.3, -0.25) is 0 Å². The molecule has 2 heterocycles. The van der Waals surface area contributed by atoms with Gasteiger partial charge in [-0.25, -0.2) is 0 Å². The number of para-hydroxylation sites is 1. The molecule has 0 bridgehead atoms. The van der Waals surface area contributed by atoms with E-state index in [-0.39, 0.29) is 0 Å².